The number of likely N-dealkylation sites (tertiary alicyclic amines) is 1. The largest absolute Gasteiger partial charge is 0.475 e. The molecule has 11 nitrogen and oxygen atoms in total. The molecule has 43 heavy (non-hydrogen) atoms. The van der Waals surface area contributed by atoms with Gasteiger partial charge in [0, 0.05) is 48.8 Å². The summed E-state index contributed by atoms with van der Waals surface area (Å²) >= 11 is 0. The number of anilines is 2. The summed E-state index contributed by atoms with van der Waals surface area (Å²) in [5.41, 5.74) is 2.82. The summed E-state index contributed by atoms with van der Waals surface area (Å²) in [7, 11) is 1.63. The number of ether oxygens (including phenoxy) is 1. The van der Waals surface area contributed by atoms with Crippen LogP contribution in [0.5, 0.6) is 5.75 Å². The first-order chi connectivity index (χ1) is 20.8. The quantitative estimate of drug-likeness (QED) is 0.206. The summed E-state index contributed by atoms with van der Waals surface area (Å²) in [5, 5.41) is 17.5. The zero-order valence-electron chi connectivity index (χ0n) is 23.9. The monoisotopic (exact) mass is 593 g/mol. The first kappa shape index (κ1) is 29.9. The minimum atomic E-state index is -1.09. The Morgan fingerprint density at radius 2 is 1.91 bits per heavy atom. The highest BCUT2D eigenvalue weighted by atomic mass is 19.2. The molecule has 0 bridgehead atoms. The maximum absolute atomic E-state index is 15.0. The molecule has 4 aromatic rings. The van der Waals surface area contributed by atoms with Crippen LogP contribution >= 0.6 is 0 Å². The summed E-state index contributed by atoms with van der Waals surface area (Å²) < 4.78 is 36.5. The maximum atomic E-state index is 15.0. The van der Waals surface area contributed by atoms with E-state index in [1.54, 1.807) is 29.8 Å². The van der Waals surface area contributed by atoms with Crippen molar-refractivity contribution < 1.29 is 28.2 Å². The molecular formula is C30H33F2N7O4. The number of hydrogen-bond donors (Lipinski definition) is 4. The Kier molecular flexibility index (Phi) is 9.12. The second-order valence-electron chi connectivity index (χ2n) is 10.3. The number of nitrogens with zero attached hydrogens (tertiary/aromatic N) is 4. The van der Waals surface area contributed by atoms with Gasteiger partial charge in [0.25, 0.3) is 5.91 Å². The summed E-state index contributed by atoms with van der Waals surface area (Å²) in [5.74, 6) is -2.12. The van der Waals surface area contributed by atoms with E-state index in [2.05, 4.69) is 25.9 Å². The van der Waals surface area contributed by atoms with Gasteiger partial charge in [0.1, 0.15) is 13.3 Å². The van der Waals surface area contributed by atoms with Gasteiger partial charge in [0.15, 0.2) is 23.0 Å². The first-order valence-electron chi connectivity index (χ1n) is 13.9. The summed E-state index contributed by atoms with van der Waals surface area (Å²) in [6.45, 7) is 3.03. The van der Waals surface area contributed by atoms with Gasteiger partial charge < -0.3 is 25.4 Å². The minimum absolute atomic E-state index is 0.0246. The van der Waals surface area contributed by atoms with Gasteiger partial charge in [-0.1, -0.05) is 0 Å². The van der Waals surface area contributed by atoms with Gasteiger partial charge in [0.2, 0.25) is 11.7 Å². The molecule has 1 saturated heterocycles. The van der Waals surface area contributed by atoms with Crippen LogP contribution in [-0.2, 0) is 4.79 Å². The third kappa shape index (κ3) is 6.42. The van der Waals surface area contributed by atoms with Gasteiger partial charge in [0.05, 0.1) is 11.9 Å². The van der Waals surface area contributed by atoms with Crippen molar-refractivity contribution in [2.24, 2.45) is 5.92 Å². The summed E-state index contributed by atoms with van der Waals surface area (Å²) in [6.07, 6.45) is 6.13. The van der Waals surface area contributed by atoms with Crippen molar-refractivity contribution in [3.05, 3.63) is 71.7 Å². The molecule has 0 atom stereocenters. The molecule has 0 unspecified atom stereocenters. The lowest BCUT2D eigenvalue weighted by Gasteiger charge is -2.32. The number of imidazole rings is 1. The number of piperidine rings is 1. The fourth-order valence-electron chi connectivity index (χ4n) is 5.14. The van der Waals surface area contributed by atoms with Crippen LogP contribution in [0.4, 0.5) is 20.3 Å². The lowest BCUT2D eigenvalue weighted by Crippen LogP contribution is -2.42. The highest BCUT2D eigenvalue weighted by Gasteiger charge is 2.25. The van der Waals surface area contributed by atoms with Gasteiger partial charge in [-0.05, 0) is 68.6 Å². The van der Waals surface area contributed by atoms with Gasteiger partial charge in [-0.25, -0.2) is 14.4 Å². The standard InChI is InChI=1S/C30H33F2N7O4/c1-18-13-20(3-4-21(18)30(42)38-10-7-19(8-11-38)14-35-25(41)16-40)37-28-29-36-15-23(39(29)12-9-34-28)22-5-6-24(43-17-33-2)27(32)26(22)31/h3-6,9,12-13,15,19,33,40H,7-8,10-11,14,16-17H2,1-2H3,(H,34,37)(H,35,41). The number of aromatic nitrogens is 3. The number of halogens is 2. The number of aliphatic hydroxyl groups is 1. The molecule has 4 N–H and O–H groups in total. The molecule has 0 radical (unpaired) electrons. The fourth-order valence-corrected chi connectivity index (χ4v) is 5.14. The molecule has 0 saturated carbocycles. The third-order valence-corrected chi connectivity index (χ3v) is 7.48. The van der Waals surface area contributed by atoms with Crippen LogP contribution in [0.2, 0.25) is 0 Å². The van der Waals surface area contributed by atoms with E-state index < -0.39 is 24.1 Å². The zero-order chi connectivity index (χ0) is 30.5. The number of nitrogens with one attached hydrogen (secondary N) is 3. The molecule has 226 valence electrons. The second-order valence-corrected chi connectivity index (χ2v) is 10.3. The lowest BCUT2D eigenvalue weighted by molar-refractivity contribution is -0.124. The minimum Gasteiger partial charge on any atom is -0.475 e. The Bertz CT molecular complexity index is 1640. The van der Waals surface area contributed by atoms with Crippen molar-refractivity contribution in [3.8, 4) is 17.0 Å². The van der Waals surface area contributed by atoms with Crippen molar-refractivity contribution in [2.75, 3.05) is 45.3 Å². The molecule has 13 heteroatoms. The smallest absolute Gasteiger partial charge is 0.254 e. The molecule has 1 fully saturated rings. The molecule has 0 aliphatic carbocycles. The predicted molar refractivity (Wildman–Crippen MR) is 156 cm³/mol. The van der Waals surface area contributed by atoms with Crippen LogP contribution in [0.3, 0.4) is 0 Å². The molecule has 0 spiro atoms. The van der Waals surface area contributed by atoms with Crippen LogP contribution in [0.15, 0.2) is 48.9 Å². The summed E-state index contributed by atoms with van der Waals surface area (Å²) in [6, 6.07) is 8.21. The van der Waals surface area contributed by atoms with E-state index in [1.165, 1.54) is 24.5 Å². The molecular weight excluding hydrogens is 560 g/mol. The number of amides is 2. The Hall–Kier alpha value is -4.62. The average molecular weight is 594 g/mol. The number of rotatable bonds is 10. The summed E-state index contributed by atoms with van der Waals surface area (Å²) in [4.78, 5) is 35.2. The van der Waals surface area contributed by atoms with E-state index >= 15 is 4.39 Å². The molecule has 2 aromatic carbocycles. The molecule has 1 aliphatic heterocycles. The SMILES string of the molecule is CNCOc1ccc(-c2cnc3c(Nc4ccc(C(=O)N5CCC(CNC(=O)CO)CC5)c(C)c4)nccn23)c(F)c1F. The molecule has 3 heterocycles. The Morgan fingerprint density at radius 1 is 1.12 bits per heavy atom. The average Bonchev–Trinajstić information content (AvgIpc) is 3.45. The maximum Gasteiger partial charge on any atom is 0.254 e. The van der Waals surface area contributed by atoms with E-state index in [-0.39, 0.29) is 29.9 Å². The molecule has 5 rings (SSSR count). The number of benzene rings is 2. The van der Waals surface area contributed by atoms with Crippen molar-refractivity contribution in [1.82, 2.24) is 29.9 Å². The van der Waals surface area contributed by atoms with Gasteiger partial charge in [-0.15, -0.1) is 0 Å². The van der Waals surface area contributed by atoms with E-state index in [4.69, 9.17) is 9.84 Å². The Morgan fingerprint density at radius 3 is 2.63 bits per heavy atom. The van der Waals surface area contributed by atoms with E-state index in [0.717, 1.165) is 18.4 Å². The van der Waals surface area contributed by atoms with Crippen molar-refractivity contribution in [2.45, 2.75) is 19.8 Å². The Balaban J connectivity index is 1.29. The fraction of sp³-hybridized carbons (Fsp3) is 0.333. The number of aryl methyl sites for hydroxylation is 1. The van der Waals surface area contributed by atoms with Crippen molar-refractivity contribution >= 4 is 29.0 Å². The van der Waals surface area contributed by atoms with Crippen LogP contribution in [0.1, 0.15) is 28.8 Å². The van der Waals surface area contributed by atoms with Gasteiger partial charge in [-0.2, -0.15) is 4.39 Å². The Labute approximate surface area is 246 Å². The van der Waals surface area contributed by atoms with Gasteiger partial charge in [-0.3, -0.25) is 19.3 Å². The predicted octanol–water partition coefficient (Wildman–Crippen LogP) is 3.24. The highest BCUT2D eigenvalue weighted by Crippen LogP contribution is 2.32. The lowest BCUT2D eigenvalue weighted by atomic mass is 9.95. The number of carbonyl (C=O) groups excluding carboxylic acids is 2. The van der Waals surface area contributed by atoms with Crippen LogP contribution in [-0.4, -0.2) is 76.2 Å². The first-order valence-corrected chi connectivity index (χ1v) is 13.9. The normalized spacial score (nSPS) is 13.7. The van der Waals surface area contributed by atoms with E-state index in [1.807, 2.05) is 17.9 Å². The van der Waals surface area contributed by atoms with Crippen molar-refractivity contribution in [3.63, 3.8) is 0 Å². The van der Waals surface area contributed by atoms with E-state index in [9.17, 15) is 14.0 Å². The molecule has 2 aromatic heterocycles. The van der Waals surface area contributed by atoms with Crippen LogP contribution in [0.25, 0.3) is 16.9 Å². The number of carbonyl (C=O) groups is 2. The zero-order valence-corrected chi connectivity index (χ0v) is 23.9. The molecule has 2 amide bonds. The van der Waals surface area contributed by atoms with E-state index in [0.29, 0.717) is 48.0 Å². The van der Waals surface area contributed by atoms with Crippen LogP contribution in [0, 0.1) is 24.5 Å². The number of hydrogen-bond acceptors (Lipinski definition) is 8. The highest BCUT2D eigenvalue weighted by molar-refractivity contribution is 5.96. The second kappa shape index (κ2) is 13.1. The third-order valence-electron chi connectivity index (χ3n) is 7.48. The van der Waals surface area contributed by atoms with Gasteiger partial charge >= 0.3 is 0 Å². The molecule has 1 aliphatic rings. The number of aliphatic hydroxyl groups excluding tert-OH is 1. The topological polar surface area (TPSA) is 133 Å². The van der Waals surface area contributed by atoms with Crippen molar-refractivity contribution in [1.29, 1.82) is 0 Å². The van der Waals surface area contributed by atoms with Crippen LogP contribution < -0.4 is 20.7 Å². The number of fused-ring (bicyclic) bond motifs is 1.